The molecule has 92 valence electrons. The van der Waals surface area contributed by atoms with E-state index in [9.17, 15) is 9.59 Å². The second-order valence-electron chi connectivity index (χ2n) is 3.23. The zero-order valence-electron chi connectivity index (χ0n) is 9.27. The average molecular weight is 240 g/mol. The maximum Gasteiger partial charge on any atom is 0.409 e. The van der Waals surface area contributed by atoms with E-state index in [0.29, 0.717) is 11.3 Å². The van der Waals surface area contributed by atoms with Gasteiger partial charge >= 0.3 is 12.2 Å². The van der Waals surface area contributed by atoms with Gasteiger partial charge in [0.1, 0.15) is 5.75 Å². The summed E-state index contributed by atoms with van der Waals surface area (Å²) in [4.78, 5) is 21.1. The van der Waals surface area contributed by atoms with Crippen LogP contribution in [0, 0.1) is 6.92 Å². The number of carboxylic acid groups (broad SMARTS) is 2. The van der Waals surface area contributed by atoms with Crippen molar-refractivity contribution >= 4 is 23.6 Å². The van der Waals surface area contributed by atoms with Crippen LogP contribution in [-0.4, -0.2) is 29.5 Å². The molecule has 0 heterocycles. The van der Waals surface area contributed by atoms with Gasteiger partial charge in [-0.2, -0.15) is 0 Å². The maximum atomic E-state index is 10.6. The van der Waals surface area contributed by atoms with Gasteiger partial charge in [-0.05, 0) is 24.6 Å². The quantitative estimate of drug-likeness (QED) is 0.647. The minimum atomic E-state index is -1.25. The highest BCUT2D eigenvalue weighted by Gasteiger charge is 2.12. The van der Waals surface area contributed by atoms with Crippen molar-refractivity contribution in [3.8, 4) is 5.75 Å². The first kappa shape index (κ1) is 12.6. The van der Waals surface area contributed by atoms with Crippen molar-refractivity contribution < 1.29 is 24.5 Å². The molecule has 0 saturated heterocycles. The number of ether oxygens (including phenoxy) is 1. The Morgan fingerprint density at radius 1 is 1.18 bits per heavy atom. The van der Waals surface area contributed by atoms with Gasteiger partial charge in [-0.25, -0.2) is 9.59 Å². The Kier molecular flexibility index (Phi) is 3.76. The smallest absolute Gasteiger partial charge is 0.409 e. The summed E-state index contributed by atoms with van der Waals surface area (Å²) < 4.78 is 5.04. The lowest BCUT2D eigenvalue weighted by Gasteiger charge is -2.13. The second-order valence-corrected chi connectivity index (χ2v) is 3.23. The number of amides is 2. The number of hydrogen-bond acceptors (Lipinski definition) is 3. The minimum absolute atomic E-state index is 0.184. The number of nitrogens with one attached hydrogen (secondary N) is 2. The van der Waals surface area contributed by atoms with Crippen molar-refractivity contribution in [1.29, 1.82) is 0 Å². The highest BCUT2D eigenvalue weighted by atomic mass is 16.5. The Morgan fingerprint density at radius 2 is 1.76 bits per heavy atom. The van der Waals surface area contributed by atoms with Crippen molar-refractivity contribution in [2.75, 3.05) is 17.7 Å². The molecule has 0 atom stereocenters. The Morgan fingerprint density at radius 3 is 2.24 bits per heavy atom. The molecule has 0 unspecified atom stereocenters. The lowest BCUT2D eigenvalue weighted by atomic mass is 10.1. The van der Waals surface area contributed by atoms with Crippen LogP contribution in [0.1, 0.15) is 5.56 Å². The van der Waals surface area contributed by atoms with Gasteiger partial charge in [0.25, 0.3) is 0 Å². The zero-order valence-corrected chi connectivity index (χ0v) is 9.27. The SMILES string of the molecule is COc1c(C)cc(NC(=O)O)cc1NC(=O)O. The van der Waals surface area contributed by atoms with E-state index in [-0.39, 0.29) is 11.4 Å². The lowest BCUT2D eigenvalue weighted by molar-refractivity contribution is 0.208. The number of aryl methyl sites for hydroxylation is 1. The topological polar surface area (TPSA) is 108 Å². The summed E-state index contributed by atoms with van der Waals surface area (Å²) in [7, 11) is 1.40. The van der Waals surface area contributed by atoms with Crippen molar-refractivity contribution in [2.24, 2.45) is 0 Å². The van der Waals surface area contributed by atoms with Gasteiger partial charge in [-0.3, -0.25) is 10.6 Å². The molecule has 0 bridgehead atoms. The summed E-state index contributed by atoms with van der Waals surface area (Å²) in [5.74, 6) is 0.350. The third-order valence-electron chi connectivity index (χ3n) is 1.97. The largest absolute Gasteiger partial charge is 0.494 e. The van der Waals surface area contributed by atoms with Crippen LogP contribution in [0.3, 0.4) is 0 Å². The monoisotopic (exact) mass is 240 g/mol. The first-order valence-corrected chi connectivity index (χ1v) is 4.62. The zero-order chi connectivity index (χ0) is 13.0. The molecule has 0 radical (unpaired) electrons. The van der Waals surface area contributed by atoms with E-state index in [1.807, 2.05) is 0 Å². The van der Waals surface area contributed by atoms with Crippen LogP contribution in [0.15, 0.2) is 12.1 Å². The molecule has 4 N–H and O–H groups in total. The normalized spacial score (nSPS) is 9.53. The lowest BCUT2D eigenvalue weighted by Crippen LogP contribution is -2.11. The third kappa shape index (κ3) is 3.26. The molecule has 1 aromatic rings. The fourth-order valence-electron chi connectivity index (χ4n) is 1.45. The van der Waals surface area contributed by atoms with E-state index in [2.05, 4.69) is 10.6 Å². The minimum Gasteiger partial charge on any atom is -0.494 e. The predicted octanol–water partition coefficient (Wildman–Crippen LogP) is 2.18. The van der Waals surface area contributed by atoms with Crippen LogP contribution in [0.2, 0.25) is 0 Å². The Balaban J connectivity index is 3.18. The van der Waals surface area contributed by atoms with Gasteiger partial charge in [-0.1, -0.05) is 0 Å². The molecule has 2 amide bonds. The van der Waals surface area contributed by atoms with Crippen LogP contribution in [-0.2, 0) is 0 Å². The van der Waals surface area contributed by atoms with Crippen molar-refractivity contribution in [1.82, 2.24) is 0 Å². The molecule has 0 saturated carbocycles. The summed E-state index contributed by atoms with van der Waals surface area (Å²) in [5.41, 5.74) is 1.06. The summed E-state index contributed by atoms with van der Waals surface area (Å²) >= 11 is 0. The van der Waals surface area contributed by atoms with Crippen LogP contribution < -0.4 is 15.4 Å². The Hall–Kier alpha value is -2.44. The fraction of sp³-hybridized carbons (Fsp3) is 0.200. The average Bonchev–Trinajstić information content (AvgIpc) is 2.14. The summed E-state index contributed by atoms with van der Waals surface area (Å²) in [6, 6.07) is 2.88. The Labute approximate surface area is 97.0 Å². The van der Waals surface area contributed by atoms with Gasteiger partial charge < -0.3 is 14.9 Å². The van der Waals surface area contributed by atoms with E-state index in [1.54, 1.807) is 13.0 Å². The van der Waals surface area contributed by atoms with E-state index < -0.39 is 12.2 Å². The fourth-order valence-corrected chi connectivity index (χ4v) is 1.45. The predicted molar refractivity (Wildman–Crippen MR) is 61.0 cm³/mol. The van der Waals surface area contributed by atoms with E-state index in [1.165, 1.54) is 13.2 Å². The molecule has 7 heteroatoms. The van der Waals surface area contributed by atoms with Crippen LogP contribution in [0.25, 0.3) is 0 Å². The molecule has 7 nitrogen and oxygen atoms in total. The number of carbonyl (C=O) groups is 2. The number of benzene rings is 1. The van der Waals surface area contributed by atoms with Gasteiger partial charge in [-0.15, -0.1) is 0 Å². The molecule has 0 aliphatic heterocycles. The molecule has 1 aromatic carbocycles. The second kappa shape index (κ2) is 5.06. The first-order chi connectivity index (χ1) is 7.93. The number of rotatable bonds is 3. The molecular formula is C10H12N2O5. The standard InChI is InChI=1S/C10H12N2O5/c1-5-3-6(11-9(13)14)4-7(8(5)17-2)12-10(15)16/h3-4,11-12H,1-2H3,(H,13,14)(H,15,16). The molecule has 0 spiro atoms. The first-order valence-electron chi connectivity index (χ1n) is 4.62. The van der Waals surface area contributed by atoms with Gasteiger partial charge in [0.2, 0.25) is 0 Å². The molecule has 0 aliphatic carbocycles. The van der Waals surface area contributed by atoms with E-state index in [0.717, 1.165) is 0 Å². The summed E-state index contributed by atoms with van der Waals surface area (Å²) in [6.45, 7) is 1.68. The van der Waals surface area contributed by atoms with E-state index >= 15 is 0 Å². The molecule has 0 fully saturated rings. The third-order valence-corrected chi connectivity index (χ3v) is 1.97. The number of hydrogen-bond donors (Lipinski definition) is 4. The summed E-state index contributed by atoms with van der Waals surface area (Å²) in [6.07, 6.45) is -2.48. The highest BCUT2D eigenvalue weighted by Crippen LogP contribution is 2.32. The molecule has 1 rings (SSSR count). The van der Waals surface area contributed by atoms with Gasteiger partial charge in [0, 0.05) is 5.69 Å². The number of anilines is 2. The van der Waals surface area contributed by atoms with Gasteiger partial charge in [0.15, 0.2) is 0 Å². The van der Waals surface area contributed by atoms with E-state index in [4.69, 9.17) is 14.9 Å². The Bertz CT molecular complexity index is 458. The van der Waals surface area contributed by atoms with Gasteiger partial charge in [0.05, 0.1) is 12.8 Å². The number of methoxy groups -OCH3 is 1. The van der Waals surface area contributed by atoms with Crippen molar-refractivity contribution in [3.05, 3.63) is 17.7 Å². The highest BCUT2D eigenvalue weighted by molar-refractivity contribution is 5.90. The van der Waals surface area contributed by atoms with Crippen molar-refractivity contribution in [3.63, 3.8) is 0 Å². The van der Waals surface area contributed by atoms with Crippen LogP contribution in [0.5, 0.6) is 5.75 Å². The van der Waals surface area contributed by atoms with Crippen molar-refractivity contribution in [2.45, 2.75) is 6.92 Å². The molecule has 0 aliphatic rings. The molecule has 17 heavy (non-hydrogen) atoms. The van der Waals surface area contributed by atoms with Crippen LogP contribution in [0.4, 0.5) is 21.0 Å². The van der Waals surface area contributed by atoms with Crippen LogP contribution >= 0.6 is 0 Å². The summed E-state index contributed by atoms with van der Waals surface area (Å²) in [5, 5.41) is 21.5. The maximum absolute atomic E-state index is 10.6. The molecule has 0 aromatic heterocycles. The molecular weight excluding hydrogens is 228 g/mol.